The Bertz CT molecular complexity index is 585. The summed E-state index contributed by atoms with van der Waals surface area (Å²) < 4.78 is 2.27. The van der Waals surface area contributed by atoms with Crippen LogP contribution in [0.5, 0.6) is 5.75 Å². The highest BCUT2D eigenvalue weighted by Crippen LogP contribution is 2.36. The summed E-state index contributed by atoms with van der Waals surface area (Å²) in [7, 11) is 4.29. The average Bonchev–Trinajstić information content (AvgIpc) is 2.58. The van der Waals surface area contributed by atoms with E-state index >= 15 is 0 Å². The van der Waals surface area contributed by atoms with E-state index in [9.17, 15) is 5.11 Å². The Labute approximate surface area is 101 Å². The fourth-order valence-corrected chi connectivity index (χ4v) is 3.01. The zero-order valence-electron chi connectivity index (χ0n) is 10.6. The van der Waals surface area contributed by atoms with Crippen molar-refractivity contribution in [3.63, 3.8) is 0 Å². The predicted octanol–water partition coefficient (Wildman–Crippen LogP) is 2.43. The maximum Gasteiger partial charge on any atom is 0.116 e. The van der Waals surface area contributed by atoms with Crippen LogP contribution in [-0.2, 0) is 13.5 Å². The SMILES string of the molecule is CC1c2c(c3cc(O)ccc3n2C)CCN1C. The fourth-order valence-electron chi connectivity index (χ4n) is 3.01. The topological polar surface area (TPSA) is 28.4 Å². The summed E-state index contributed by atoms with van der Waals surface area (Å²) >= 11 is 0. The summed E-state index contributed by atoms with van der Waals surface area (Å²) in [6, 6.07) is 6.11. The standard InChI is InChI=1S/C14H18N2O/c1-9-14-11(6-7-15(9)2)12-8-10(17)4-5-13(12)16(14)3/h4-5,8-9,17H,6-7H2,1-3H3. The molecular formula is C14H18N2O. The molecule has 3 nitrogen and oxygen atoms in total. The van der Waals surface area contributed by atoms with Crippen LogP contribution in [-0.4, -0.2) is 28.2 Å². The molecule has 3 heteroatoms. The molecule has 0 spiro atoms. The minimum absolute atomic E-state index is 0.359. The van der Waals surface area contributed by atoms with Crippen molar-refractivity contribution in [3.05, 3.63) is 29.5 Å². The van der Waals surface area contributed by atoms with Gasteiger partial charge in [-0.2, -0.15) is 0 Å². The molecule has 1 N–H and O–H groups in total. The quantitative estimate of drug-likeness (QED) is 0.753. The van der Waals surface area contributed by atoms with Gasteiger partial charge < -0.3 is 9.67 Å². The van der Waals surface area contributed by atoms with Crippen LogP contribution in [0.15, 0.2) is 18.2 Å². The first-order valence-corrected chi connectivity index (χ1v) is 6.10. The number of aryl methyl sites for hydroxylation is 1. The zero-order valence-corrected chi connectivity index (χ0v) is 10.6. The highest BCUT2D eigenvalue weighted by Gasteiger charge is 2.26. The molecule has 1 aromatic carbocycles. The van der Waals surface area contributed by atoms with E-state index in [2.05, 4.69) is 30.5 Å². The number of benzene rings is 1. The first kappa shape index (κ1) is 10.7. The third-order valence-corrected chi connectivity index (χ3v) is 4.11. The van der Waals surface area contributed by atoms with E-state index in [0.29, 0.717) is 11.8 Å². The van der Waals surface area contributed by atoms with E-state index in [0.717, 1.165) is 13.0 Å². The van der Waals surface area contributed by atoms with Crippen LogP contribution in [0.1, 0.15) is 24.2 Å². The minimum atomic E-state index is 0.359. The van der Waals surface area contributed by atoms with Crippen LogP contribution in [0, 0.1) is 0 Å². The molecule has 0 aliphatic carbocycles. The first-order chi connectivity index (χ1) is 8.09. The normalized spacial score (nSPS) is 20.8. The Morgan fingerprint density at radius 2 is 2.06 bits per heavy atom. The van der Waals surface area contributed by atoms with Gasteiger partial charge in [0.1, 0.15) is 5.75 Å². The van der Waals surface area contributed by atoms with E-state index in [-0.39, 0.29) is 0 Å². The molecule has 1 unspecified atom stereocenters. The van der Waals surface area contributed by atoms with Crippen molar-refractivity contribution < 1.29 is 5.11 Å². The third-order valence-electron chi connectivity index (χ3n) is 4.11. The van der Waals surface area contributed by atoms with E-state index in [1.54, 1.807) is 6.07 Å². The molecule has 2 heterocycles. The van der Waals surface area contributed by atoms with Crippen LogP contribution in [0.2, 0.25) is 0 Å². The molecule has 1 atom stereocenters. The highest BCUT2D eigenvalue weighted by molar-refractivity contribution is 5.87. The molecule has 3 rings (SSSR count). The smallest absolute Gasteiger partial charge is 0.116 e. The second kappa shape index (κ2) is 3.50. The maximum absolute atomic E-state index is 9.64. The summed E-state index contributed by atoms with van der Waals surface area (Å²) in [5, 5.41) is 10.8. The lowest BCUT2D eigenvalue weighted by Gasteiger charge is -2.31. The lowest BCUT2D eigenvalue weighted by Crippen LogP contribution is -2.31. The molecule has 0 amide bonds. The van der Waals surface area contributed by atoms with Gasteiger partial charge in [-0.3, -0.25) is 4.90 Å². The summed E-state index contributed by atoms with van der Waals surface area (Å²) in [5.41, 5.74) is 4.01. The van der Waals surface area contributed by atoms with Crippen molar-refractivity contribution in [3.8, 4) is 5.75 Å². The minimum Gasteiger partial charge on any atom is -0.508 e. The average molecular weight is 230 g/mol. The number of fused-ring (bicyclic) bond motifs is 3. The molecule has 1 aliphatic rings. The van der Waals surface area contributed by atoms with Crippen LogP contribution in [0.25, 0.3) is 10.9 Å². The molecule has 1 aromatic heterocycles. The number of nitrogens with zero attached hydrogens (tertiary/aromatic N) is 2. The van der Waals surface area contributed by atoms with Gasteiger partial charge in [-0.15, -0.1) is 0 Å². The van der Waals surface area contributed by atoms with Gasteiger partial charge in [0, 0.05) is 36.2 Å². The zero-order chi connectivity index (χ0) is 12.2. The van der Waals surface area contributed by atoms with Crippen molar-refractivity contribution >= 4 is 10.9 Å². The van der Waals surface area contributed by atoms with Crippen molar-refractivity contribution in [2.45, 2.75) is 19.4 Å². The Morgan fingerprint density at radius 1 is 1.29 bits per heavy atom. The fraction of sp³-hybridized carbons (Fsp3) is 0.429. The number of aromatic nitrogens is 1. The van der Waals surface area contributed by atoms with Gasteiger partial charge in [0.25, 0.3) is 0 Å². The van der Waals surface area contributed by atoms with Gasteiger partial charge in [0.05, 0.1) is 0 Å². The molecule has 17 heavy (non-hydrogen) atoms. The molecule has 2 aromatic rings. The molecular weight excluding hydrogens is 212 g/mol. The summed E-state index contributed by atoms with van der Waals surface area (Å²) in [4.78, 5) is 2.38. The molecule has 0 bridgehead atoms. The molecule has 0 saturated heterocycles. The highest BCUT2D eigenvalue weighted by atomic mass is 16.3. The monoisotopic (exact) mass is 230 g/mol. The van der Waals surface area contributed by atoms with Crippen LogP contribution < -0.4 is 0 Å². The van der Waals surface area contributed by atoms with Gasteiger partial charge in [0.15, 0.2) is 0 Å². The van der Waals surface area contributed by atoms with Crippen molar-refractivity contribution in [1.29, 1.82) is 0 Å². The number of phenolic OH excluding ortho intramolecular Hbond substituents is 1. The van der Waals surface area contributed by atoms with Gasteiger partial charge in [-0.05, 0) is 44.2 Å². The van der Waals surface area contributed by atoms with Gasteiger partial charge in [-0.1, -0.05) is 0 Å². The number of hydrogen-bond acceptors (Lipinski definition) is 2. The van der Waals surface area contributed by atoms with Crippen molar-refractivity contribution in [2.24, 2.45) is 7.05 Å². The Hall–Kier alpha value is -1.48. The second-order valence-electron chi connectivity index (χ2n) is 5.03. The number of rotatable bonds is 0. The Balaban J connectivity index is 2.35. The summed E-state index contributed by atoms with van der Waals surface area (Å²) in [6.45, 7) is 3.33. The molecule has 0 saturated carbocycles. The molecule has 90 valence electrons. The van der Waals surface area contributed by atoms with Crippen LogP contribution in [0.3, 0.4) is 0 Å². The van der Waals surface area contributed by atoms with E-state index in [4.69, 9.17) is 0 Å². The Morgan fingerprint density at radius 3 is 2.82 bits per heavy atom. The third kappa shape index (κ3) is 1.39. The number of likely N-dealkylation sites (N-methyl/N-ethyl adjacent to an activating group) is 1. The number of hydrogen-bond donors (Lipinski definition) is 1. The van der Waals surface area contributed by atoms with Crippen LogP contribution >= 0.6 is 0 Å². The Kier molecular flexibility index (Phi) is 2.20. The summed E-state index contributed by atoms with van der Waals surface area (Å²) in [6.07, 6.45) is 1.07. The first-order valence-electron chi connectivity index (χ1n) is 6.10. The van der Waals surface area contributed by atoms with E-state index < -0.39 is 0 Å². The van der Waals surface area contributed by atoms with Crippen LogP contribution in [0.4, 0.5) is 0 Å². The molecule has 1 aliphatic heterocycles. The van der Waals surface area contributed by atoms with E-state index in [1.807, 2.05) is 12.1 Å². The van der Waals surface area contributed by atoms with Gasteiger partial charge >= 0.3 is 0 Å². The summed E-state index contributed by atoms with van der Waals surface area (Å²) in [5.74, 6) is 0.359. The molecule has 0 radical (unpaired) electrons. The predicted molar refractivity (Wildman–Crippen MR) is 69.3 cm³/mol. The van der Waals surface area contributed by atoms with Gasteiger partial charge in [-0.25, -0.2) is 0 Å². The van der Waals surface area contributed by atoms with Crippen molar-refractivity contribution in [2.75, 3.05) is 13.6 Å². The largest absolute Gasteiger partial charge is 0.508 e. The number of phenols is 1. The molecule has 0 fully saturated rings. The van der Waals surface area contributed by atoms with Crippen molar-refractivity contribution in [1.82, 2.24) is 9.47 Å². The lowest BCUT2D eigenvalue weighted by molar-refractivity contribution is 0.239. The van der Waals surface area contributed by atoms with E-state index in [1.165, 1.54) is 22.2 Å². The lowest BCUT2D eigenvalue weighted by atomic mass is 9.99. The van der Waals surface area contributed by atoms with Gasteiger partial charge in [0.2, 0.25) is 0 Å². The number of aromatic hydroxyl groups is 1. The maximum atomic E-state index is 9.64. The second-order valence-corrected chi connectivity index (χ2v) is 5.03.